The van der Waals surface area contributed by atoms with Crippen molar-refractivity contribution in [1.29, 1.82) is 0 Å². The van der Waals surface area contributed by atoms with Crippen LogP contribution in [-0.2, 0) is 7.05 Å². The molecule has 38 heavy (non-hydrogen) atoms. The lowest BCUT2D eigenvalue weighted by Gasteiger charge is -2.24. The van der Waals surface area contributed by atoms with Gasteiger partial charge in [0.1, 0.15) is 7.05 Å². The molecule has 0 amide bonds. The van der Waals surface area contributed by atoms with Crippen molar-refractivity contribution in [3.63, 3.8) is 0 Å². The zero-order valence-electron chi connectivity index (χ0n) is 21.6. The number of benzene rings is 5. The minimum absolute atomic E-state index is 1.24. The maximum absolute atomic E-state index is 2.32. The molecule has 5 aromatic carbocycles. The number of pyridine rings is 1. The quantitative estimate of drug-likeness (QED) is 0.215. The number of aryl methyl sites for hydroxylation is 2. The standard InChI is InChI=1S/C37H28N/c1-25-24-27(26-12-4-3-5-13-26)20-21-28(25)37-36-34-19-11-10-17-32(34)30-15-7-6-14-29(30)31-16-8-9-18-33(31)35(36)22-23-38(37)2/h3-24H,1-2H3/q+1. The first-order valence-corrected chi connectivity index (χ1v) is 13.2. The van der Waals surface area contributed by atoms with E-state index < -0.39 is 0 Å². The minimum Gasteiger partial charge on any atom is -0.200 e. The van der Waals surface area contributed by atoms with Crippen molar-refractivity contribution in [3.8, 4) is 66.9 Å². The molecule has 1 aromatic heterocycles. The van der Waals surface area contributed by atoms with Crippen LogP contribution in [0.25, 0.3) is 66.9 Å². The Hall–Kier alpha value is -4.75. The lowest BCUT2D eigenvalue weighted by atomic mass is 9.79. The SMILES string of the molecule is Cc1cc(-c2ccccc2)ccc1-c1c2c(cc[n+]1C)-c1ccccc1-c1ccccc1-c1ccccc1-2. The molecule has 0 bridgehead atoms. The number of nitrogens with zero attached hydrogens (tertiary/aromatic N) is 1. The summed E-state index contributed by atoms with van der Waals surface area (Å²) in [6, 6.07) is 46.3. The predicted molar refractivity (Wildman–Crippen MR) is 159 cm³/mol. The number of hydrogen-bond donors (Lipinski definition) is 0. The lowest BCUT2D eigenvalue weighted by molar-refractivity contribution is -0.659. The van der Waals surface area contributed by atoms with Gasteiger partial charge in [-0.25, -0.2) is 4.57 Å². The molecule has 0 N–H and O–H groups in total. The third kappa shape index (κ3) is 3.51. The van der Waals surface area contributed by atoms with Crippen LogP contribution in [0, 0.1) is 6.92 Å². The molecule has 0 aliphatic heterocycles. The molecule has 0 saturated carbocycles. The van der Waals surface area contributed by atoms with E-state index in [4.69, 9.17) is 0 Å². The van der Waals surface area contributed by atoms with Crippen LogP contribution in [0.15, 0.2) is 134 Å². The first kappa shape index (κ1) is 22.4. The van der Waals surface area contributed by atoms with Gasteiger partial charge >= 0.3 is 0 Å². The van der Waals surface area contributed by atoms with Gasteiger partial charge in [-0.3, -0.25) is 0 Å². The molecule has 1 heterocycles. The Balaban J connectivity index is 1.57. The van der Waals surface area contributed by atoms with Crippen LogP contribution in [0.3, 0.4) is 0 Å². The second kappa shape index (κ2) is 8.97. The van der Waals surface area contributed by atoms with E-state index in [1.54, 1.807) is 0 Å². The van der Waals surface area contributed by atoms with Gasteiger partial charge in [-0.2, -0.15) is 0 Å². The molecule has 1 heteroatoms. The molecular formula is C37H28N+. The second-order valence-corrected chi connectivity index (χ2v) is 10.1. The summed E-state index contributed by atoms with van der Waals surface area (Å²) in [7, 11) is 2.17. The van der Waals surface area contributed by atoms with E-state index in [0.29, 0.717) is 0 Å². The van der Waals surface area contributed by atoms with Crippen LogP contribution in [0.4, 0.5) is 0 Å². The molecule has 0 fully saturated rings. The van der Waals surface area contributed by atoms with Gasteiger partial charge in [0.15, 0.2) is 6.20 Å². The van der Waals surface area contributed by atoms with Gasteiger partial charge < -0.3 is 0 Å². The summed E-state index contributed by atoms with van der Waals surface area (Å²) in [4.78, 5) is 0. The summed E-state index contributed by atoms with van der Waals surface area (Å²) in [5.74, 6) is 0. The molecule has 1 nitrogen and oxygen atoms in total. The largest absolute Gasteiger partial charge is 0.221 e. The average molecular weight is 487 g/mol. The average Bonchev–Trinajstić information content (AvgIpc) is 2.97. The summed E-state index contributed by atoms with van der Waals surface area (Å²) in [6.45, 7) is 2.24. The van der Waals surface area contributed by atoms with Crippen molar-refractivity contribution in [1.82, 2.24) is 0 Å². The molecular weight excluding hydrogens is 458 g/mol. The van der Waals surface area contributed by atoms with Crippen LogP contribution < -0.4 is 4.57 Å². The highest BCUT2D eigenvalue weighted by Gasteiger charge is 2.29. The summed E-state index contributed by atoms with van der Waals surface area (Å²) >= 11 is 0. The van der Waals surface area contributed by atoms with Crippen LogP contribution in [0.5, 0.6) is 0 Å². The Kier molecular flexibility index (Phi) is 5.30. The fourth-order valence-electron chi connectivity index (χ4n) is 6.05. The van der Waals surface area contributed by atoms with Gasteiger partial charge in [0.25, 0.3) is 0 Å². The van der Waals surface area contributed by atoms with Crippen LogP contribution >= 0.6 is 0 Å². The zero-order valence-corrected chi connectivity index (χ0v) is 21.6. The highest BCUT2D eigenvalue weighted by atomic mass is 14.9. The summed E-state index contributed by atoms with van der Waals surface area (Å²) in [5.41, 5.74) is 16.4. The maximum atomic E-state index is 2.32. The van der Waals surface area contributed by atoms with Crippen molar-refractivity contribution in [2.45, 2.75) is 6.92 Å². The summed E-state index contributed by atoms with van der Waals surface area (Å²) in [5, 5.41) is 0. The fourth-order valence-corrected chi connectivity index (χ4v) is 6.05. The number of hydrogen-bond acceptors (Lipinski definition) is 0. The van der Waals surface area contributed by atoms with Gasteiger partial charge in [-0.15, -0.1) is 0 Å². The number of fused-ring (bicyclic) bond motifs is 8. The lowest BCUT2D eigenvalue weighted by Crippen LogP contribution is -2.31. The van der Waals surface area contributed by atoms with E-state index in [0.717, 1.165) is 0 Å². The second-order valence-electron chi connectivity index (χ2n) is 10.1. The molecule has 0 unspecified atom stereocenters. The normalized spacial score (nSPS) is 11.4. The van der Waals surface area contributed by atoms with E-state index >= 15 is 0 Å². The minimum atomic E-state index is 1.24. The summed E-state index contributed by atoms with van der Waals surface area (Å²) < 4.78 is 2.29. The third-order valence-corrected chi connectivity index (χ3v) is 7.83. The van der Waals surface area contributed by atoms with E-state index in [1.807, 2.05) is 0 Å². The van der Waals surface area contributed by atoms with Crippen molar-refractivity contribution in [2.24, 2.45) is 7.05 Å². The fraction of sp³-hybridized carbons (Fsp3) is 0.0541. The number of aromatic nitrogens is 1. The van der Waals surface area contributed by atoms with Crippen LogP contribution in [0.1, 0.15) is 5.56 Å². The highest BCUT2D eigenvalue weighted by molar-refractivity contribution is 6.05. The molecule has 6 aromatic rings. The molecule has 1 aliphatic rings. The summed E-state index contributed by atoms with van der Waals surface area (Å²) in [6.07, 6.45) is 2.21. The molecule has 1 aliphatic carbocycles. The Morgan fingerprint density at radius 2 is 0.921 bits per heavy atom. The predicted octanol–water partition coefficient (Wildman–Crippen LogP) is 9.13. The van der Waals surface area contributed by atoms with Crippen molar-refractivity contribution >= 4 is 0 Å². The highest BCUT2D eigenvalue weighted by Crippen LogP contribution is 2.49. The van der Waals surface area contributed by atoms with Crippen LogP contribution in [0.2, 0.25) is 0 Å². The Morgan fingerprint density at radius 3 is 1.50 bits per heavy atom. The maximum Gasteiger partial charge on any atom is 0.221 e. The number of rotatable bonds is 2. The first-order chi connectivity index (χ1) is 18.7. The topological polar surface area (TPSA) is 3.88 Å². The van der Waals surface area contributed by atoms with E-state index in [9.17, 15) is 0 Å². The van der Waals surface area contributed by atoms with Gasteiger partial charge in [0, 0.05) is 17.2 Å². The third-order valence-electron chi connectivity index (χ3n) is 7.83. The van der Waals surface area contributed by atoms with Gasteiger partial charge in [-0.05, 0) is 63.1 Å². The van der Waals surface area contributed by atoms with E-state index in [-0.39, 0.29) is 0 Å². The van der Waals surface area contributed by atoms with E-state index in [1.165, 1.54) is 72.5 Å². The van der Waals surface area contributed by atoms with Crippen LogP contribution in [-0.4, -0.2) is 0 Å². The zero-order chi connectivity index (χ0) is 25.6. The molecule has 0 saturated heterocycles. The Bertz CT molecular complexity index is 1820. The Morgan fingerprint density at radius 1 is 0.421 bits per heavy atom. The van der Waals surface area contributed by atoms with Gasteiger partial charge in [0.2, 0.25) is 5.69 Å². The van der Waals surface area contributed by atoms with Gasteiger partial charge in [0.05, 0.1) is 5.56 Å². The molecule has 7 rings (SSSR count). The van der Waals surface area contributed by atoms with Gasteiger partial charge in [-0.1, -0.05) is 115 Å². The van der Waals surface area contributed by atoms with Crippen molar-refractivity contribution in [2.75, 3.05) is 0 Å². The molecule has 0 spiro atoms. The molecule has 180 valence electrons. The van der Waals surface area contributed by atoms with Crippen molar-refractivity contribution in [3.05, 3.63) is 139 Å². The van der Waals surface area contributed by atoms with E-state index in [2.05, 4.69) is 152 Å². The van der Waals surface area contributed by atoms with Crippen molar-refractivity contribution < 1.29 is 4.57 Å². The molecule has 0 radical (unpaired) electrons. The molecule has 0 atom stereocenters. The first-order valence-electron chi connectivity index (χ1n) is 13.2. The monoisotopic (exact) mass is 486 g/mol. The smallest absolute Gasteiger partial charge is 0.200 e. The Labute approximate surface area is 224 Å².